The van der Waals surface area contributed by atoms with Crippen LogP contribution in [-0.4, -0.2) is 26.6 Å². The molecule has 0 aliphatic carbocycles. The lowest BCUT2D eigenvalue weighted by Gasteiger charge is -2.08. The van der Waals surface area contributed by atoms with Crippen LogP contribution in [0.5, 0.6) is 0 Å². The van der Waals surface area contributed by atoms with Crippen LogP contribution in [-0.2, 0) is 11.5 Å². The summed E-state index contributed by atoms with van der Waals surface area (Å²) >= 11 is 0. The van der Waals surface area contributed by atoms with Crippen LogP contribution in [0.25, 0.3) is 16.7 Å². The van der Waals surface area contributed by atoms with Crippen LogP contribution in [0.4, 0.5) is 5.69 Å². The first-order chi connectivity index (χ1) is 12.2. The van der Waals surface area contributed by atoms with Crippen molar-refractivity contribution in [2.75, 3.05) is 12.4 Å². The number of aromatic nitrogens is 4. The molecule has 126 valence electrons. The summed E-state index contributed by atoms with van der Waals surface area (Å²) in [7, 11) is 1.60. The standard InChI is InChI=1S/C18H18N6O/c1-12-5-4-6-15(13(12)2)20-8-14(7-19)16-17-18(22-9-21-16)24(10-23-17)11-25-3/h4-6,8-10,20H,11H2,1-3H3/b14-8-. The van der Waals surface area contributed by atoms with Gasteiger partial charge in [-0.25, -0.2) is 15.0 Å². The van der Waals surface area contributed by atoms with Gasteiger partial charge in [-0.3, -0.25) is 4.57 Å². The highest BCUT2D eigenvalue weighted by molar-refractivity contribution is 5.90. The quantitative estimate of drug-likeness (QED) is 0.722. The number of allylic oxidation sites excluding steroid dienone is 1. The summed E-state index contributed by atoms with van der Waals surface area (Å²) in [4.78, 5) is 12.8. The number of hydrogen-bond donors (Lipinski definition) is 1. The second kappa shape index (κ2) is 7.11. The van der Waals surface area contributed by atoms with E-state index in [2.05, 4.69) is 26.3 Å². The lowest BCUT2D eigenvalue weighted by atomic mass is 10.1. The van der Waals surface area contributed by atoms with Crippen molar-refractivity contribution in [3.8, 4) is 6.07 Å². The molecule has 2 aromatic heterocycles. The van der Waals surface area contributed by atoms with Gasteiger partial charge in [0.15, 0.2) is 5.65 Å². The van der Waals surface area contributed by atoms with Crippen LogP contribution >= 0.6 is 0 Å². The van der Waals surface area contributed by atoms with Crippen molar-refractivity contribution in [1.29, 1.82) is 5.26 Å². The summed E-state index contributed by atoms with van der Waals surface area (Å²) in [5.41, 5.74) is 5.32. The number of anilines is 1. The molecule has 0 atom stereocenters. The third kappa shape index (κ3) is 3.20. The van der Waals surface area contributed by atoms with E-state index in [0.717, 1.165) is 11.3 Å². The van der Waals surface area contributed by atoms with E-state index in [1.54, 1.807) is 24.2 Å². The Kier molecular flexibility index (Phi) is 4.73. The Hall–Kier alpha value is -3.24. The molecule has 0 aliphatic heterocycles. The molecular weight excluding hydrogens is 316 g/mol. The molecule has 1 aromatic carbocycles. The number of methoxy groups -OCH3 is 1. The molecule has 2 heterocycles. The van der Waals surface area contributed by atoms with Gasteiger partial charge in [-0.2, -0.15) is 5.26 Å². The summed E-state index contributed by atoms with van der Waals surface area (Å²) < 4.78 is 6.88. The van der Waals surface area contributed by atoms with Gasteiger partial charge in [0.25, 0.3) is 0 Å². The highest BCUT2D eigenvalue weighted by Crippen LogP contribution is 2.22. The average molecular weight is 334 g/mol. The first-order valence-electron chi connectivity index (χ1n) is 7.74. The van der Waals surface area contributed by atoms with E-state index in [1.165, 1.54) is 11.9 Å². The number of aryl methyl sites for hydroxylation is 1. The number of nitrogens with one attached hydrogen (secondary N) is 1. The molecule has 0 saturated carbocycles. The predicted octanol–water partition coefficient (Wildman–Crippen LogP) is 3.02. The summed E-state index contributed by atoms with van der Waals surface area (Å²) in [6.07, 6.45) is 4.70. The van der Waals surface area contributed by atoms with Crippen LogP contribution < -0.4 is 5.32 Å². The van der Waals surface area contributed by atoms with Crippen molar-refractivity contribution in [2.24, 2.45) is 0 Å². The number of hydrogen-bond acceptors (Lipinski definition) is 6. The van der Waals surface area contributed by atoms with E-state index in [1.807, 2.05) is 32.0 Å². The molecule has 0 bridgehead atoms. The molecule has 3 aromatic rings. The Bertz CT molecular complexity index is 983. The third-order valence-corrected chi connectivity index (χ3v) is 4.02. The van der Waals surface area contributed by atoms with E-state index in [4.69, 9.17) is 4.74 Å². The van der Waals surface area contributed by atoms with Gasteiger partial charge < -0.3 is 10.1 Å². The molecule has 7 heteroatoms. The van der Waals surface area contributed by atoms with E-state index < -0.39 is 0 Å². The van der Waals surface area contributed by atoms with Crippen LogP contribution in [0.15, 0.2) is 37.1 Å². The zero-order valence-corrected chi connectivity index (χ0v) is 14.3. The molecular formula is C18H18N6O. The lowest BCUT2D eigenvalue weighted by molar-refractivity contribution is 0.134. The van der Waals surface area contributed by atoms with E-state index in [0.29, 0.717) is 29.2 Å². The normalized spacial score (nSPS) is 11.5. The number of nitriles is 1. The van der Waals surface area contributed by atoms with Crippen molar-refractivity contribution in [2.45, 2.75) is 20.6 Å². The fourth-order valence-electron chi connectivity index (χ4n) is 2.52. The smallest absolute Gasteiger partial charge is 0.165 e. The van der Waals surface area contributed by atoms with Crippen LogP contribution in [0.2, 0.25) is 0 Å². The van der Waals surface area contributed by atoms with Gasteiger partial charge in [-0.05, 0) is 31.0 Å². The fraction of sp³-hybridized carbons (Fsp3) is 0.222. The minimum absolute atomic E-state index is 0.333. The largest absolute Gasteiger partial charge is 0.364 e. The maximum absolute atomic E-state index is 9.57. The topological polar surface area (TPSA) is 88.7 Å². The number of nitrogens with zero attached hydrogens (tertiary/aromatic N) is 5. The van der Waals surface area contributed by atoms with E-state index in [9.17, 15) is 5.26 Å². The minimum atomic E-state index is 0.333. The van der Waals surface area contributed by atoms with Gasteiger partial charge in [-0.1, -0.05) is 12.1 Å². The molecule has 1 N–H and O–H groups in total. The molecule has 0 saturated heterocycles. The maximum Gasteiger partial charge on any atom is 0.165 e. The maximum atomic E-state index is 9.57. The number of rotatable bonds is 5. The average Bonchev–Trinajstić information content (AvgIpc) is 3.03. The summed E-state index contributed by atoms with van der Waals surface area (Å²) in [6.45, 7) is 4.41. The minimum Gasteiger partial charge on any atom is -0.364 e. The Morgan fingerprint density at radius 3 is 2.92 bits per heavy atom. The molecule has 3 rings (SSSR count). The second-order valence-corrected chi connectivity index (χ2v) is 5.59. The summed E-state index contributed by atoms with van der Waals surface area (Å²) in [5, 5.41) is 12.8. The van der Waals surface area contributed by atoms with Crippen molar-refractivity contribution in [3.05, 3.63) is 53.9 Å². The van der Waals surface area contributed by atoms with Gasteiger partial charge in [-0.15, -0.1) is 0 Å². The zero-order valence-electron chi connectivity index (χ0n) is 14.3. The Morgan fingerprint density at radius 1 is 1.32 bits per heavy atom. The Balaban J connectivity index is 2.00. The molecule has 0 amide bonds. The second-order valence-electron chi connectivity index (χ2n) is 5.59. The first-order valence-corrected chi connectivity index (χ1v) is 7.74. The number of imidazole rings is 1. The SMILES string of the molecule is COCn1cnc2c(/C(C#N)=C\Nc3cccc(C)c3C)ncnc21. The third-order valence-electron chi connectivity index (χ3n) is 4.02. The monoisotopic (exact) mass is 334 g/mol. The van der Waals surface area contributed by atoms with Gasteiger partial charge in [0.2, 0.25) is 0 Å². The zero-order chi connectivity index (χ0) is 17.8. The lowest BCUT2D eigenvalue weighted by Crippen LogP contribution is -2.01. The summed E-state index contributed by atoms with van der Waals surface area (Å²) in [6, 6.07) is 8.17. The van der Waals surface area contributed by atoms with Gasteiger partial charge in [0.1, 0.15) is 30.3 Å². The van der Waals surface area contributed by atoms with Crippen molar-refractivity contribution in [3.63, 3.8) is 0 Å². The molecule has 0 radical (unpaired) electrons. The van der Waals surface area contributed by atoms with Crippen LogP contribution in [0.3, 0.4) is 0 Å². The highest BCUT2D eigenvalue weighted by Gasteiger charge is 2.13. The molecule has 0 fully saturated rings. The predicted molar refractivity (Wildman–Crippen MR) is 95.5 cm³/mol. The van der Waals surface area contributed by atoms with Gasteiger partial charge in [0.05, 0.1) is 11.9 Å². The molecule has 7 nitrogen and oxygen atoms in total. The number of fused-ring (bicyclic) bond motifs is 1. The van der Waals surface area contributed by atoms with E-state index >= 15 is 0 Å². The fourth-order valence-corrected chi connectivity index (χ4v) is 2.52. The van der Waals surface area contributed by atoms with Gasteiger partial charge >= 0.3 is 0 Å². The first kappa shape index (κ1) is 16.6. The Morgan fingerprint density at radius 2 is 2.16 bits per heavy atom. The van der Waals surface area contributed by atoms with Crippen molar-refractivity contribution >= 4 is 22.4 Å². The van der Waals surface area contributed by atoms with Crippen molar-refractivity contribution < 1.29 is 4.74 Å². The van der Waals surface area contributed by atoms with Crippen LogP contribution in [0, 0.1) is 25.2 Å². The molecule has 0 aliphatic rings. The molecule has 0 spiro atoms. The molecule has 0 unspecified atom stereocenters. The van der Waals surface area contributed by atoms with Crippen LogP contribution in [0.1, 0.15) is 16.8 Å². The number of ether oxygens (including phenoxy) is 1. The van der Waals surface area contributed by atoms with E-state index in [-0.39, 0.29) is 0 Å². The highest BCUT2D eigenvalue weighted by atomic mass is 16.5. The number of benzene rings is 1. The summed E-state index contributed by atoms with van der Waals surface area (Å²) in [5.74, 6) is 0. The van der Waals surface area contributed by atoms with Gasteiger partial charge in [0, 0.05) is 19.0 Å². The molecule has 25 heavy (non-hydrogen) atoms. The Labute approximate surface area is 145 Å². The van der Waals surface area contributed by atoms with Crippen molar-refractivity contribution in [1.82, 2.24) is 19.5 Å².